The van der Waals surface area contributed by atoms with Crippen molar-refractivity contribution >= 4 is 21.7 Å². The molecule has 0 bridgehead atoms. The fourth-order valence-electron chi connectivity index (χ4n) is 4.57. The maximum atomic E-state index is 12.7. The predicted octanol–water partition coefficient (Wildman–Crippen LogP) is 2.50. The monoisotopic (exact) mass is 430 g/mol. The minimum absolute atomic E-state index is 0.0177. The number of nitrogens with one attached hydrogen (secondary N) is 1. The highest BCUT2D eigenvalue weighted by molar-refractivity contribution is 7.88. The Labute approximate surface area is 176 Å². The van der Waals surface area contributed by atoms with E-state index in [4.69, 9.17) is 4.74 Å². The molecule has 168 valence electrons. The van der Waals surface area contributed by atoms with Gasteiger partial charge in [-0.2, -0.15) is 0 Å². The number of hydrogen-bond donors (Lipinski definition) is 1. The smallest absolute Gasteiger partial charge is 0.223 e. The molecule has 8 heteroatoms. The van der Waals surface area contributed by atoms with Crippen molar-refractivity contribution in [1.82, 2.24) is 9.62 Å². The number of rotatable bonds is 9. The van der Waals surface area contributed by atoms with Crippen molar-refractivity contribution in [3.05, 3.63) is 0 Å². The second-order valence-corrected chi connectivity index (χ2v) is 10.9. The van der Waals surface area contributed by atoms with Crippen molar-refractivity contribution < 1.29 is 22.7 Å². The van der Waals surface area contributed by atoms with Crippen molar-refractivity contribution in [2.45, 2.75) is 90.3 Å². The number of ketones is 1. The molecule has 0 aromatic carbocycles. The maximum absolute atomic E-state index is 12.7. The molecule has 29 heavy (non-hydrogen) atoms. The zero-order valence-corrected chi connectivity index (χ0v) is 19.2. The summed E-state index contributed by atoms with van der Waals surface area (Å²) >= 11 is 0. The molecule has 1 saturated heterocycles. The number of nitrogens with zero attached hydrogens (tertiary/aromatic N) is 1. The number of likely N-dealkylation sites (tertiary alicyclic amines) is 1. The van der Waals surface area contributed by atoms with E-state index in [1.54, 1.807) is 4.90 Å². The average molecular weight is 431 g/mol. The third kappa shape index (κ3) is 7.98. The first-order valence-electron chi connectivity index (χ1n) is 10.9. The molecule has 0 spiro atoms. The molecule has 2 aliphatic rings. The number of hydrogen-bond acceptors (Lipinski definition) is 5. The normalized spacial score (nSPS) is 28.5. The Morgan fingerprint density at radius 3 is 2.31 bits per heavy atom. The van der Waals surface area contributed by atoms with Crippen LogP contribution >= 0.6 is 0 Å². The van der Waals surface area contributed by atoms with Gasteiger partial charge in [0.2, 0.25) is 15.9 Å². The fraction of sp³-hybridized carbons (Fsp3) is 0.905. The number of sulfonamides is 1. The summed E-state index contributed by atoms with van der Waals surface area (Å²) in [6.07, 6.45) is 7.43. The van der Waals surface area contributed by atoms with Crippen LogP contribution in [-0.2, 0) is 24.3 Å². The molecule has 2 fully saturated rings. The molecular weight excluding hydrogens is 392 g/mol. The minimum atomic E-state index is -3.39. The summed E-state index contributed by atoms with van der Waals surface area (Å²) < 4.78 is 32.6. The predicted molar refractivity (Wildman–Crippen MR) is 113 cm³/mol. The van der Waals surface area contributed by atoms with E-state index in [2.05, 4.69) is 18.6 Å². The maximum Gasteiger partial charge on any atom is 0.223 e. The molecular formula is C21H38N2O5S. The Morgan fingerprint density at radius 1 is 1.10 bits per heavy atom. The SMILES string of the molecule is CC(=O)CCC(=O)N1CCC[C@H](NS(C)(=O)=O)[C@@H]1COC1CCC(C(C)C)CC1. The fourth-order valence-corrected chi connectivity index (χ4v) is 5.39. The quantitative estimate of drug-likeness (QED) is 0.607. The molecule has 1 saturated carbocycles. The summed E-state index contributed by atoms with van der Waals surface area (Å²) in [5.41, 5.74) is 0. The number of carbonyl (C=O) groups excluding carboxylic acids is 2. The van der Waals surface area contributed by atoms with Crippen LogP contribution in [-0.4, -0.2) is 62.6 Å². The number of carbonyl (C=O) groups is 2. The first kappa shape index (κ1) is 24.3. The molecule has 1 amide bonds. The molecule has 0 unspecified atom stereocenters. The van der Waals surface area contributed by atoms with Gasteiger partial charge >= 0.3 is 0 Å². The summed E-state index contributed by atoms with van der Waals surface area (Å²) in [5, 5.41) is 0. The Morgan fingerprint density at radius 2 is 1.76 bits per heavy atom. The summed E-state index contributed by atoms with van der Waals surface area (Å²) in [6.45, 7) is 6.91. The van der Waals surface area contributed by atoms with E-state index in [1.165, 1.54) is 6.92 Å². The Kier molecular flexibility index (Phi) is 9.10. The standard InChI is InChI=1S/C21H38N2O5S/c1-15(2)17-8-10-18(11-9-17)28-14-20-19(22-29(4,26)27)6-5-13-23(20)21(25)12-7-16(3)24/h15,17-20,22H,5-14H2,1-4H3/t17?,18?,19-,20-/m0/s1. The number of Topliss-reactive ketones (excluding diaryl/α,β-unsaturated/α-hetero) is 1. The minimum Gasteiger partial charge on any atom is -0.376 e. The lowest BCUT2D eigenvalue weighted by molar-refractivity contribution is -0.139. The van der Waals surface area contributed by atoms with Gasteiger partial charge in [0.15, 0.2) is 0 Å². The third-order valence-corrected chi connectivity index (χ3v) is 7.05. The summed E-state index contributed by atoms with van der Waals surface area (Å²) in [7, 11) is -3.39. The molecule has 1 heterocycles. The van der Waals surface area contributed by atoms with Crippen molar-refractivity contribution in [3.63, 3.8) is 0 Å². The molecule has 0 aromatic heterocycles. The van der Waals surface area contributed by atoms with Gasteiger partial charge in [0.05, 0.1) is 25.0 Å². The number of ether oxygens (including phenoxy) is 1. The summed E-state index contributed by atoms with van der Waals surface area (Å²) in [4.78, 5) is 25.7. The molecule has 2 rings (SSSR count). The van der Waals surface area contributed by atoms with Crippen LogP contribution in [0.3, 0.4) is 0 Å². The van der Waals surface area contributed by atoms with Gasteiger partial charge in [-0.15, -0.1) is 0 Å². The van der Waals surface area contributed by atoms with E-state index in [0.29, 0.717) is 25.5 Å². The third-order valence-electron chi connectivity index (χ3n) is 6.32. The number of amides is 1. The topological polar surface area (TPSA) is 92.8 Å². The first-order valence-corrected chi connectivity index (χ1v) is 12.8. The van der Waals surface area contributed by atoms with Crippen LogP contribution in [0.5, 0.6) is 0 Å². The molecule has 7 nitrogen and oxygen atoms in total. The second-order valence-electron chi connectivity index (χ2n) is 9.11. The van der Waals surface area contributed by atoms with Crippen LogP contribution in [0.15, 0.2) is 0 Å². The molecule has 1 aliphatic carbocycles. The van der Waals surface area contributed by atoms with Gasteiger partial charge in [-0.05, 0) is 57.3 Å². The van der Waals surface area contributed by atoms with Crippen molar-refractivity contribution in [2.24, 2.45) is 11.8 Å². The van der Waals surface area contributed by atoms with Crippen LogP contribution < -0.4 is 4.72 Å². The van der Waals surface area contributed by atoms with Crippen molar-refractivity contribution in [1.29, 1.82) is 0 Å². The highest BCUT2D eigenvalue weighted by Gasteiger charge is 2.36. The van der Waals surface area contributed by atoms with E-state index in [1.807, 2.05) is 0 Å². The van der Waals surface area contributed by atoms with Crippen LogP contribution in [0, 0.1) is 11.8 Å². The Hall–Kier alpha value is -0.990. The van der Waals surface area contributed by atoms with Crippen LogP contribution in [0.1, 0.15) is 72.1 Å². The lowest BCUT2D eigenvalue weighted by Crippen LogP contribution is -2.59. The van der Waals surface area contributed by atoms with Crippen LogP contribution in [0.4, 0.5) is 0 Å². The van der Waals surface area contributed by atoms with Crippen LogP contribution in [0.25, 0.3) is 0 Å². The van der Waals surface area contributed by atoms with Gasteiger partial charge in [-0.25, -0.2) is 13.1 Å². The zero-order valence-electron chi connectivity index (χ0n) is 18.4. The van der Waals surface area contributed by atoms with Crippen LogP contribution in [0.2, 0.25) is 0 Å². The van der Waals surface area contributed by atoms with Gasteiger partial charge in [0, 0.05) is 25.4 Å². The Bertz CT molecular complexity index is 656. The van der Waals surface area contributed by atoms with Gasteiger partial charge in [-0.3, -0.25) is 4.79 Å². The molecule has 1 aliphatic heterocycles. The average Bonchev–Trinajstić information content (AvgIpc) is 2.64. The largest absolute Gasteiger partial charge is 0.376 e. The highest BCUT2D eigenvalue weighted by atomic mass is 32.2. The highest BCUT2D eigenvalue weighted by Crippen LogP contribution is 2.32. The lowest BCUT2D eigenvalue weighted by atomic mass is 9.80. The zero-order chi connectivity index (χ0) is 21.6. The van der Waals surface area contributed by atoms with Gasteiger partial charge in [-0.1, -0.05) is 13.8 Å². The van der Waals surface area contributed by atoms with E-state index >= 15 is 0 Å². The van der Waals surface area contributed by atoms with Crippen molar-refractivity contribution in [3.8, 4) is 0 Å². The lowest BCUT2D eigenvalue weighted by Gasteiger charge is -2.42. The van der Waals surface area contributed by atoms with Gasteiger partial charge in [0.1, 0.15) is 5.78 Å². The molecule has 1 N–H and O–H groups in total. The van der Waals surface area contributed by atoms with E-state index in [9.17, 15) is 18.0 Å². The second kappa shape index (κ2) is 10.9. The van der Waals surface area contributed by atoms with Crippen molar-refractivity contribution in [2.75, 3.05) is 19.4 Å². The van der Waals surface area contributed by atoms with E-state index < -0.39 is 10.0 Å². The van der Waals surface area contributed by atoms with E-state index in [0.717, 1.165) is 44.3 Å². The first-order chi connectivity index (χ1) is 13.6. The van der Waals surface area contributed by atoms with Gasteiger partial charge in [0.25, 0.3) is 0 Å². The summed E-state index contributed by atoms with van der Waals surface area (Å²) in [6, 6.07) is -0.687. The summed E-state index contributed by atoms with van der Waals surface area (Å²) in [5.74, 6) is 1.31. The molecule has 0 radical (unpaired) electrons. The van der Waals surface area contributed by atoms with Gasteiger partial charge < -0.3 is 14.4 Å². The molecule has 0 aromatic rings. The number of piperidine rings is 1. The molecule has 2 atom stereocenters. The Balaban J connectivity index is 2.02. The van der Waals surface area contributed by atoms with E-state index in [-0.39, 0.29) is 42.7 Å².